The minimum absolute atomic E-state index is 0.0532. The molecule has 22 heavy (non-hydrogen) atoms. The molecule has 0 aliphatic carbocycles. The Morgan fingerprint density at radius 3 is 0.909 bits per heavy atom. The molecule has 118 valence electrons. The summed E-state index contributed by atoms with van der Waals surface area (Å²) in [5, 5.41) is 0. The first kappa shape index (κ1) is 16.9. The summed E-state index contributed by atoms with van der Waals surface area (Å²) in [6.07, 6.45) is 0. The average Bonchev–Trinajstić information content (AvgIpc) is 2.46. The van der Waals surface area contributed by atoms with Crippen LogP contribution < -0.4 is 0 Å². The van der Waals surface area contributed by atoms with Crippen molar-refractivity contribution < 1.29 is 35.1 Å². The lowest BCUT2D eigenvalue weighted by Crippen LogP contribution is -1.98. The second kappa shape index (κ2) is 6.37. The fourth-order valence-electron chi connectivity index (χ4n) is 1.33. The van der Waals surface area contributed by atoms with Gasteiger partial charge in [-0.1, -0.05) is 0 Å². The van der Waals surface area contributed by atoms with Crippen molar-refractivity contribution in [2.45, 2.75) is 9.79 Å². The predicted molar refractivity (Wildman–Crippen MR) is 64.3 cm³/mol. The summed E-state index contributed by atoms with van der Waals surface area (Å²) >= 11 is 0. The van der Waals surface area contributed by atoms with Crippen molar-refractivity contribution in [3.63, 3.8) is 0 Å². The fourth-order valence-corrected chi connectivity index (χ4v) is 3.56. The molecule has 0 unspecified atom stereocenters. The molecule has 0 bridgehead atoms. The number of hydrogen-bond acceptors (Lipinski definition) is 2. The second-order valence-corrected chi connectivity index (χ2v) is 5.91. The van der Waals surface area contributed by atoms with E-state index in [1.54, 1.807) is 0 Å². The first-order chi connectivity index (χ1) is 10.2. The fraction of sp³-hybridized carbons (Fsp3) is 0. The Kier molecular flexibility index (Phi) is 4.90. The van der Waals surface area contributed by atoms with Crippen LogP contribution in [0.25, 0.3) is 0 Å². The molecule has 0 N–H and O–H groups in total. The van der Waals surface area contributed by atoms with Crippen LogP contribution in [0.1, 0.15) is 0 Å². The van der Waals surface area contributed by atoms with Crippen LogP contribution in [0.5, 0.6) is 0 Å². The van der Waals surface area contributed by atoms with Crippen LogP contribution in [-0.4, -0.2) is 0 Å². The summed E-state index contributed by atoms with van der Waals surface area (Å²) < 4.78 is 105. The molecule has 0 nitrogen and oxygen atoms in total. The Morgan fingerprint density at radius 1 is 0.455 bits per heavy atom. The minimum Gasteiger partial charge on any atom is -0.204 e. The van der Waals surface area contributed by atoms with E-state index in [0.717, 1.165) is 0 Å². The van der Waals surface area contributed by atoms with Crippen molar-refractivity contribution in [1.29, 1.82) is 0 Å². The standard InChI is InChI=1S/C12H2F8S2/c13-3-1-4(14)8(18)11(7(3)17)21-22-12-9(19)5(15)2-6(16)10(12)20/h1-2H. The molecule has 0 amide bonds. The lowest BCUT2D eigenvalue weighted by molar-refractivity contribution is 0.425. The monoisotopic (exact) mass is 362 g/mol. The van der Waals surface area contributed by atoms with Gasteiger partial charge in [-0.3, -0.25) is 0 Å². The van der Waals surface area contributed by atoms with Gasteiger partial charge in [-0.2, -0.15) is 0 Å². The molecule has 2 aromatic carbocycles. The Hall–Kier alpha value is -1.42. The Morgan fingerprint density at radius 2 is 0.682 bits per heavy atom. The largest absolute Gasteiger partial charge is 0.204 e. The van der Waals surface area contributed by atoms with E-state index in [9.17, 15) is 35.1 Å². The van der Waals surface area contributed by atoms with Crippen molar-refractivity contribution in [2.24, 2.45) is 0 Å². The molecule has 2 aromatic rings. The second-order valence-electron chi connectivity index (χ2n) is 3.76. The van der Waals surface area contributed by atoms with Crippen LogP contribution >= 0.6 is 21.6 Å². The summed E-state index contributed by atoms with van der Waals surface area (Å²) in [5.74, 6) is -14.1. The maximum absolute atomic E-state index is 13.4. The molecule has 0 spiro atoms. The zero-order valence-electron chi connectivity index (χ0n) is 9.99. The molecule has 0 atom stereocenters. The maximum atomic E-state index is 13.4. The van der Waals surface area contributed by atoms with Crippen molar-refractivity contribution >= 4 is 21.6 Å². The zero-order valence-corrected chi connectivity index (χ0v) is 11.6. The van der Waals surface area contributed by atoms with Gasteiger partial charge in [0, 0.05) is 12.1 Å². The van der Waals surface area contributed by atoms with E-state index in [4.69, 9.17) is 0 Å². The number of rotatable bonds is 3. The van der Waals surface area contributed by atoms with Gasteiger partial charge in [-0.15, -0.1) is 0 Å². The number of benzene rings is 2. The molecule has 0 saturated carbocycles. The zero-order chi connectivity index (χ0) is 16.6. The van der Waals surface area contributed by atoms with E-state index >= 15 is 0 Å². The van der Waals surface area contributed by atoms with E-state index in [-0.39, 0.29) is 33.7 Å². The van der Waals surface area contributed by atoms with Crippen LogP contribution in [-0.2, 0) is 0 Å². The molecule has 0 aromatic heterocycles. The van der Waals surface area contributed by atoms with Crippen LogP contribution in [0, 0.1) is 46.5 Å². The first-order valence-electron chi connectivity index (χ1n) is 5.24. The van der Waals surface area contributed by atoms with E-state index in [2.05, 4.69) is 0 Å². The smallest absolute Gasteiger partial charge is 0.176 e. The van der Waals surface area contributed by atoms with Crippen molar-refractivity contribution in [2.75, 3.05) is 0 Å². The van der Waals surface area contributed by atoms with Gasteiger partial charge in [0.25, 0.3) is 0 Å². The molecular weight excluding hydrogens is 360 g/mol. The van der Waals surface area contributed by atoms with Gasteiger partial charge in [0.1, 0.15) is 0 Å². The molecule has 0 aliphatic heterocycles. The quantitative estimate of drug-likeness (QED) is 0.396. The average molecular weight is 362 g/mol. The SMILES string of the molecule is Fc1cc(F)c(F)c(SSc2c(F)c(F)cc(F)c2F)c1F. The minimum atomic E-state index is -1.80. The molecule has 0 aliphatic rings. The van der Waals surface area contributed by atoms with Gasteiger partial charge in [0.05, 0.1) is 9.79 Å². The highest BCUT2D eigenvalue weighted by atomic mass is 33.1. The van der Waals surface area contributed by atoms with E-state index < -0.39 is 56.3 Å². The van der Waals surface area contributed by atoms with Crippen LogP contribution in [0.15, 0.2) is 21.9 Å². The third kappa shape index (κ3) is 3.02. The maximum Gasteiger partial charge on any atom is 0.176 e. The van der Waals surface area contributed by atoms with Crippen LogP contribution in [0.3, 0.4) is 0 Å². The molecule has 0 heterocycles. The summed E-state index contributed by atoms with van der Waals surface area (Å²) in [6, 6.07) is -0.106. The van der Waals surface area contributed by atoms with Crippen LogP contribution in [0.2, 0.25) is 0 Å². The van der Waals surface area contributed by atoms with E-state index in [1.165, 1.54) is 0 Å². The molecule has 10 heteroatoms. The highest BCUT2D eigenvalue weighted by Crippen LogP contribution is 2.43. The molecular formula is C12H2F8S2. The summed E-state index contributed by atoms with van der Waals surface area (Å²) in [5.41, 5.74) is 0. The third-order valence-corrected chi connectivity index (χ3v) is 4.73. The van der Waals surface area contributed by atoms with E-state index in [0.29, 0.717) is 0 Å². The van der Waals surface area contributed by atoms with Gasteiger partial charge in [-0.05, 0) is 21.6 Å². The van der Waals surface area contributed by atoms with E-state index in [1.807, 2.05) is 0 Å². The summed E-state index contributed by atoms with van der Waals surface area (Å²) in [6.45, 7) is 0. The Labute approximate surface area is 125 Å². The Balaban J connectivity index is 2.40. The van der Waals surface area contributed by atoms with Gasteiger partial charge < -0.3 is 0 Å². The van der Waals surface area contributed by atoms with Crippen molar-refractivity contribution in [3.05, 3.63) is 58.7 Å². The normalized spacial score (nSPS) is 11.1. The number of hydrogen-bond donors (Lipinski definition) is 0. The lowest BCUT2D eigenvalue weighted by Gasteiger charge is -2.08. The van der Waals surface area contributed by atoms with Gasteiger partial charge in [0.2, 0.25) is 0 Å². The first-order valence-corrected chi connectivity index (χ1v) is 7.39. The molecule has 0 fully saturated rings. The summed E-state index contributed by atoms with van der Waals surface area (Å²) in [4.78, 5) is -2.46. The van der Waals surface area contributed by atoms with Gasteiger partial charge >= 0.3 is 0 Å². The lowest BCUT2D eigenvalue weighted by atomic mass is 10.3. The molecule has 2 rings (SSSR count). The van der Waals surface area contributed by atoms with Gasteiger partial charge in [0.15, 0.2) is 46.5 Å². The molecule has 0 saturated heterocycles. The molecule has 0 radical (unpaired) electrons. The van der Waals surface area contributed by atoms with Crippen molar-refractivity contribution in [3.8, 4) is 0 Å². The number of halogens is 8. The van der Waals surface area contributed by atoms with Crippen LogP contribution in [0.4, 0.5) is 35.1 Å². The highest BCUT2D eigenvalue weighted by Gasteiger charge is 2.24. The van der Waals surface area contributed by atoms with Crippen molar-refractivity contribution in [1.82, 2.24) is 0 Å². The Bertz CT molecular complexity index is 631. The highest BCUT2D eigenvalue weighted by molar-refractivity contribution is 8.76. The topological polar surface area (TPSA) is 0 Å². The third-order valence-electron chi connectivity index (χ3n) is 2.35. The van der Waals surface area contributed by atoms with Gasteiger partial charge in [-0.25, -0.2) is 35.1 Å². The predicted octanol–water partition coefficient (Wildman–Crippen LogP) is 5.60. The summed E-state index contributed by atoms with van der Waals surface area (Å²) in [7, 11) is -0.252.